The van der Waals surface area contributed by atoms with Gasteiger partial charge in [0.05, 0.1) is 17.6 Å². The smallest absolute Gasteiger partial charge is 0.276 e. The van der Waals surface area contributed by atoms with Crippen LogP contribution in [0.3, 0.4) is 0 Å². The van der Waals surface area contributed by atoms with Gasteiger partial charge in [-0.15, -0.1) is 0 Å². The van der Waals surface area contributed by atoms with E-state index < -0.39 is 17.0 Å². The number of hydrogen-bond donors (Lipinski definition) is 0. The molecule has 0 bridgehead atoms. The fourth-order valence-electron chi connectivity index (χ4n) is 3.71. The summed E-state index contributed by atoms with van der Waals surface area (Å²) in [5.74, 6) is -0.131. The van der Waals surface area contributed by atoms with Crippen molar-refractivity contribution < 1.29 is 19.2 Å². The van der Waals surface area contributed by atoms with Crippen LogP contribution in [0.5, 0.6) is 5.75 Å². The van der Waals surface area contributed by atoms with Crippen LogP contribution in [-0.4, -0.2) is 59.8 Å². The Bertz CT molecular complexity index is 931. The van der Waals surface area contributed by atoms with E-state index in [1.54, 1.807) is 20.2 Å². The molecule has 0 N–H and O–H groups in total. The molecule has 0 saturated carbocycles. The molecular formula is C21H23N3O5. The molecule has 0 aromatic heterocycles. The second kappa shape index (κ2) is 8.30. The maximum absolute atomic E-state index is 13.1. The summed E-state index contributed by atoms with van der Waals surface area (Å²) in [5.41, 5.74) is 1.12. The zero-order valence-electron chi connectivity index (χ0n) is 16.6. The van der Waals surface area contributed by atoms with Crippen molar-refractivity contribution in [3.8, 4) is 5.75 Å². The molecule has 2 aromatic rings. The van der Waals surface area contributed by atoms with Crippen LogP contribution in [0.4, 0.5) is 5.69 Å². The van der Waals surface area contributed by atoms with Crippen LogP contribution in [0.15, 0.2) is 48.5 Å². The monoisotopic (exact) mass is 397 g/mol. The lowest BCUT2D eigenvalue weighted by Gasteiger charge is -2.42. The third-order valence-corrected chi connectivity index (χ3v) is 5.39. The molecule has 1 aliphatic heterocycles. The Kier molecular flexibility index (Phi) is 5.81. The number of amides is 2. The number of carbonyl (C=O) groups excluding carboxylic acids is 2. The quantitative estimate of drug-likeness (QED) is 0.549. The first kappa shape index (κ1) is 20.3. The fourth-order valence-corrected chi connectivity index (χ4v) is 3.71. The van der Waals surface area contributed by atoms with Gasteiger partial charge in [0, 0.05) is 33.0 Å². The van der Waals surface area contributed by atoms with E-state index in [1.807, 2.05) is 30.3 Å². The number of hydrogen-bond acceptors (Lipinski definition) is 5. The summed E-state index contributed by atoms with van der Waals surface area (Å²) in [5, 5.41) is 11.5. The van der Waals surface area contributed by atoms with Crippen molar-refractivity contribution in [2.75, 3.05) is 21.2 Å². The van der Waals surface area contributed by atoms with Crippen LogP contribution in [0, 0.1) is 10.1 Å². The molecule has 2 aromatic carbocycles. The van der Waals surface area contributed by atoms with E-state index in [0.717, 1.165) is 5.56 Å². The van der Waals surface area contributed by atoms with E-state index >= 15 is 0 Å². The largest absolute Gasteiger partial charge is 0.496 e. The van der Waals surface area contributed by atoms with Gasteiger partial charge in [-0.2, -0.15) is 0 Å². The molecule has 2 atom stereocenters. The molecule has 1 saturated heterocycles. The molecule has 2 unspecified atom stereocenters. The molecule has 2 amide bonds. The van der Waals surface area contributed by atoms with Gasteiger partial charge >= 0.3 is 0 Å². The number of methoxy groups -OCH3 is 1. The zero-order valence-corrected chi connectivity index (χ0v) is 16.6. The normalized spacial score (nSPS) is 19.4. The van der Waals surface area contributed by atoms with Gasteiger partial charge in [-0.05, 0) is 11.6 Å². The number of rotatable bonds is 6. The van der Waals surface area contributed by atoms with Crippen molar-refractivity contribution in [1.82, 2.24) is 9.80 Å². The van der Waals surface area contributed by atoms with E-state index in [-0.39, 0.29) is 23.9 Å². The van der Waals surface area contributed by atoms with Crippen LogP contribution in [0.1, 0.15) is 11.1 Å². The first-order valence-electron chi connectivity index (χ1n) is 9.22. The highest BCUT2D eigenvalue weighted by molar-refractivity contribution is 5.97. The highest BCUT2D eigenvalue weighted by Crippen LogP contribution is 2.32. The van der Waals surface area contributed by atoms with E-state index in [1.165, 1.54) is 29.0 Å². The number of carbonyl (C=O) groups is 2. The second-order valence-electron chi connectivity index (χ2n) is 7.04. The number of nitro benzene ring substituents is 1. The summed E-state index contributed by atoms with van der Waals surface area (Å²) < 4.78 is 5.27. The number of nitro groups is 1. The van der Waals surface area contributed by atoms with Crippen molar-refractivity contribution in [1.29, 1.82) is 0 Å². The molecule has 1 aliphatic rings. The third kappa shape index (κ3) is 3.91. The number of benzene rings is 2. The minimum Gasteiger partial charge on any atom is -0.496 e. The second-order valence-corrected chi connectivity index (χ2v) is 7.04. The molecule has 0 aliphatic carbocycles. The van der Waals surface area contributed by atoms with Gasteiger partial charge in [0.1, 0.15) is 17.8 Å². The highest BCUT2D eigenvalue weighted by atomic mass is 16.6. The fraction of sp³-hybridized carbons (Fsp3) is 0.333. The van der Waals surface area contributed by atoms with Crippen LogP contribution >= 0.6 is 0 Å². The molecule has 29 heavy (non-hydrogen) atoms. The van der Waals surface area contributed by atoms with E-state index in [4.69, 9.17) is 4.74 Å². The van der Waals surface area contributed by atoms with Crippen molar-refractivity contribution in [3.63, 3.8) is 0 Å². The molecule has 152 valence electrons. The minimum atomic E-state index is -0.838. The molecule has 1 fully saturated rings. The van der Waals surface area contributed by atoms with Crippen LogP contribution < -0.4 is 4.74 Å². The van der Waals surface area contributed by atoms with Crippen molar-refractivity contribution >= 4 is 17.5 Å². The Morgan fingerprint density at radius 3 is 2.07 bits per heavy atom. The zero-order chi connectivity index (χ0) is 21.1. The maximum atomic E-state index is 13.1. The van der Waals surface area contributed by atoms with Gasteiger partial charge in [-0.3, -0.25) is 19.7 Å². The van der Waals surface area contributed by atoms with Crippen LogP contribution in [-0.2, 0) is 22.4 Å². The van der Waals surface area contributed by atoms with Crippen LogP contribution in [0.25, 0.3) is 0 Å². The lowest BCUT2D eigenvalue weighted by Crippen LogP contribution is -2.63. The Morgan fingerprint density at radius 1 is 0.931 bits per heavy atom. The molecular weight excluding hydrogens is 374 g/mol. The summed E-state index contributed by atoms with van der Waals surface area (Å²) in [4.78, 5) is 39.9. The molecule has 0 radical (unpaired) electrons. The lowest BCUT2D eigenvalue weighted by atomic mass is 9.94. The predicted molar refractivity (Wildman–Crippen MR) is 107 cm³/mol. The first-order valence-corrected chi connectivity index (χ1v) is 9.22. The Hall–Kier alpha value is -3.42. The number of likely N-dealkylation sites (N-methyl/N-ethyl adjacent to an activating group) is 2. The average molecular weight is 397 g/mol. The summed E-state index contributed by atoms with van der Waals surface area (Å²) in [7, 11) is 4.59. The summed E-state index contributed by atoms with van der Waals surface area (Å²) in [6, 6.07) is 12.5. The van der Waals surface area contributed by atoms with Crippen molar-refractivity contribution in [2.45, 2.75) is 24.9 Å². The number of piperazine rings is 1. The van der Waals surface area contributed by atoms with Gasteiger partial charge in [-0.1, -0.05) is 36.4 Å². The average Bonchev–Trinajstić information content (AvgIpc) is 2.73. The Balaban J connectivity index is 1.89. The van der Waals surface area contributed by atoms with Crippen molar-refractivity contribution in [2.24, 2.45) is 0 Å². The standard InChI is InChI=1S/C21H23N3O5/c1-22-17(12-14-8-5-4-6-9-14)20(25)23(2)18(21(22)26)13-15-16(24(27)28)10-7-11-19(15)29-3/h4-11,17-18H,12-13H2,1-3H3. The van der Waals surface area contributed by atoms with E-state index in [0.29, 0.717) is 17.7 Å². The molecule has 8 nitrogen and oxygen atoms in total. The topological polar surface area (TPSA) is 93.0 Å². The predicted octanol–water partition coefficient (Wildman–Crippen LogP) is 2.06. The van der Waals surface area contributed by atoms with Gasteiger partial charge in [0.2, 0.25) is 11.8 Å². The Morgan fingerprint density at radius 2 is 1.52 bits per heavy atom. The van der Waals surface area contributed by atoms with E-state index in [9.17, 15) is 19.7 Å². The summed E-state index contributed by atoms with van der Waals surface area (Å²) >= 11 is 0. The van der Waals surface area contributed by atoms with Crippen LogP contribution in [0.2, 0.25) is 0 Å². The first-order chi connectivity index (χ1) is 13.8. The molecule has 3 rings (SSSR count). The van der Waals surface area contributed by atoms with Crippen molar-refractivity contribution in [3.05, 3.63) is 69.8 Å². The highest BCUT2D eigenvalue weighted by Gasteiger charge is 2.43. The number of ether oxygens (including phenoxy) is 1. The molecule has 1 heterocycles. The molecule has 0 spiro atoms. The maximum Gasteiger partial charge on any atom is 0.276 e. The van der Waals surface area contributed by atoms with E-state index in [2.05, 4.69) is 0 Å². The van der Waals surface area contributed by atoms with Gasteiger partial charge in [-0.25, -0.2) is 0 Å². The number of nitrogens with zero attached hydrogens (tertiary/aromatic N) is 3. The van der Waals surface area contributed by atoms with Gasteiger partial charge in [0.25, 0.3) is 5.69 Å². The lowest BCUT2D eigenvalue weighted by molar-refractivity contribution is -0.385. The Labute approximate surface area is 168 Å². The SMILES string of the molecule is COc1cccc([N+](=O)[O-])c1CC1C(=O)N(C)C(Cc2ccccc2)C(=O)N1C. The minimum absolute atomic E-state index is 0.00377. The third-order valence-electron chi connectivity index (χ3n) is 5.39. The van der Waals surface area contributed by atoms with Gasteiger partial charge in [0.15, 0.2) is 0 Å². The summed E-state index contributed by atoms with van der Waals surface area (Å²) in [6.45, 7) is 0. The van der Waals surface area contributed by atoms with Gasteiger partial charge < -0.3 is 14.5 Å². The summed E-state index contributed by atoms with van der Waals surface area (Å²) in [6.07, 6.45) is 0.414. The molecule has 8 heteroatoms.